The van der Waals surface area contributed by atoms with Gasteiger partial charge >= 0.3 is 0 Å². The third-order valence-electron chi connectivity index (χ3n) is 4.58. The standard InChI is InChI=1S/C24H24ClN3O3/c1-3-28(19-8-6-5-7-9-19)22(29)16-17-10-12-18(13-11-17)26-24(30)23-20(25)14-15-21(27-23)31-4-2/h5-15H,3-4,16H2,1-2H3,(H,26,30). The maximum atomic E-state index is 12.7. The number of rotatable bonds is 8. The average Bonchev–Trinajstić information content (AvgIpc) is 2.78. The van der Waals surface area contributed by atoms with E-state index < -0.39 is 5.91 Å². The third kappa shape index (κ3) is 5.83. The molecule has 160 valence electrons. The van der Waals surface area contributed by atoms with E-state index in [0.717, 1.165) is 11.3 Å². The quantitative estimate of drug-likeness (QED) is 0.539. The zero-order chi connectivity index (χ0) is 22.2. The number of amides is 2. The van der Waals surface area contributed by atoms with Crippen LogP contribution in [0.1, 0.15) is 29.9 Å². The van der Waals surface area contributed by atoms with E-state index in [4.69, 9.17) is 16.3 Å². The number of carbonyl (C=O) groups excluding carboxylic acids is 2. The van der Waals surface area contributed by atoms with E-state index in [0.29, 0.717) is 24.7 Å². The predicted octanol–water partition coefficient (Wildman–Crippen LogP) is 4.98. The molecule has 3 rings (SSSR count). The Morgan fingerprint density at radius 2 is 1.71 bits per heavy atom. The first-order valence-corrected chi connectivity index (χ1v) is 10.4. The predicted molar refractivity (Wildman–Crippen MR) is 123 cm³/mol. The number of halogens is 1. The summed E-state index contributed by atoms with van der Waals surface area (Å²) in [5, 5.41) is 3.01. The largest absolute Gasteiger partial charge is 0.478 e. The SMILES string of the molecule is CCOc1ccc(Cl)c(C(=O)Nc2ccc(CC(=O)N(CC)c3ccccc3)cc2)n1. The second-order valence-electron chi connectivity index (χ2n) is 6.71. The van der Waals surface area contributed by atoms with Gasteiger partial charge in [0.1, 0.15) is 0 Å². The van der Waals surface area contributed by atoms with Crippen molar-refractivity contribution in [2.75, 3.05) is 23.4 Å². The molecule has 6 nitrogen and oxygen atoms in total. The van der Waals surface area contributed by atoms with Crippen LogP contribution in [0.4, 0.5) is 11.4 Å². The first kappa shape index (κ1) is 22.3. The summed E-state index contributed by atoms with van der Waals surface area (Å²) < 4.78 is 5.33. The van der Waals surface area contributed by atoms with Crippen LogP contribution >= 0.6 is 11.6 Å². The van der Waals surface area contributed by atoms with Gasteiger partial charge in [0.05, 0.1) is 18.1 Å². The number of ether oxygens (including phenoxy) is 1. The molecule has 1 heterocycles. The lowest BCUT2D eigenvalue weighted by Crippen LogP contribution is -2.31. The van der Waals surface area contributed by atoms with Crippen molar-refractivity contribution in [2.24, 2.45) is 0 Å². The number of hydrogen-bond donors (Lipinski definition) is 1. The summed E-state index contributed by atoms with van der Waals surface area (Å²) in [6.07, 6.45) is 0.265. The van der Waals surface area contributed by atoms with Crippen molar-refractivity contribution in [1.82, 2.24) is 4.98 Å². The number of aromatic nitrogens is 1. The van der Waals surface area contributed by atoms with E-state index in [1.54, 1.807) is 29.2 Å². The maximum absolute atomic E-state index is 12.7. The number of anilines is 2. The number of para-hydroxylation sites is 1. The highest BCUT2D eigenvalue weighted by Gasteiger charge is 2.16. The summed E-state index contributed by atoms with van der Waals surface area (Å²) in [6.45, 7) is 4.81. The van der Waals surface area contributed by atoms with Crippen LogP contribution in [0.5, 0.6) is 5.88 Å². The fourth-order valence-electron chi connectivity index (χ4n) is 3.09. The Morgan fingerprint density at radius 1 is 1.00 bits per heavy atom. The zero-order valence-electron chi connectivity index (χ0n) is 17.5. The first-order valence-electron chi connectivity index (χ1n) is 10.1. The van der Waals surface area contributed by atoms with Crippen LogP contribution < -0.4 is 15.0 Å². The molecule has 1 aromatic heterocycles. The first-order chi connectivity index (χ1) is 15.0. The zero-order valence-corrected chi connectivity index (χ0v) is 18.2. The molecule has 0 atom stereocenters. The summed E-state index contributed by atoms with van der Waals surface area (Å²) in [5.74, 6) is -0.0874. The van der Waals surface area contributed by atoms with Gasteiger partial charge < -0.3 is 15.0 Å². The van der Waals surface area contributed by atoms with Gasteiger partial charge in [-0.3, -0.25) is 9.59 Å². The molecular formula is C24H24ClN3O3. The molecule has 2 aromatic carbocycles. The second-order valence-corrected chi connectivity index (χ2v) is 7.12. The minimum Gasteiger partial charge on any atom is -0.478 e. The van der Waals surface area contributed by atoms with E-state index in [1.165, 1.54) is 0 Å². The van der Waals surface area contributed by atoms with Crippen molar-refractivity contribution in [2.45, 2.75) is 20.3 Å². The molecule has 3 aromatic rings. The highest BCUT2D eigenvalue weighted by Crippen LogP contribution is 2.20. The number of likely N-dealkylation sites (N-methyl/N-ethyl adjacent to an activating group) is 1. The smallest absolute Gasteiger partial charge is 0.275 e. The van der Waals surface area contributed by atoms with Gasteiger partial charge in [-0.05, 0) is 49.7 Å². The minimum atomic E-state index is -0.434. The molecule has 0 aliphatic rings. The number of pyridine rings is 1. The molecule has 0 aliphatic heterocycles. The van der Waals surface area contributed by atoms with Gasteiger partial charge in [-0.2, -0.15) is 0 Å². The van der Waals surface area contributed by atoms with Gasteiger partial charge in [0.2, 0.25) is 11.8 Å². The average molecular weight is 438 g/mol. The summed E-state index contributed by atoms with van der Waals surface area (Å²) >= 11 is 6.11. The van der Waals surface area contributed by atoms with Crippen LogP contribution in [0.15, 0.2) is 66.7 Å². The van der Waals surface area contributed by atoms with Gasteiger partial charge in [-0.15, -0.1) is 0 Å². The van der Waals surface area contributed by atoms with Crippen molar-refractivity contribution < 1.29 is 14.3 Å². The van der Waals surface area contributed by atoms with E-state index in [2.05, 4.69) is 10.3 Å². The van der Waals surface area contributed by atoms with Crippen LogP contribution in [-0.4, -0.2) is 29.9 Å². The topological polar surface area (TPSA) is 71.5 Å². The molecular weight excluding hydrogens is 414 g/mol. The minimum absolute atomic E-state index is 0.00852. The number of nitrogens with zero attached hydrogens (tertiary/aromatic N) is 2. The Kier molecular flexibility index (Phi) is 7.62. The monoisotopic (exact) mass is 437 g/mol. The van der Waals surface area contributed by atoms with Crippen LogP contribution in [-0.2, 0) is 11.2 Å². The summed E-state index contributed by atoms with van der Waals surface area (Å²) in [5.41, 5.74) is 2.40. The maximum Gasteiger partial charge on any atom is 0.275 e. The fraction of sp³-hybridized carbons (Fsp3) is 0.208. The Labute approximate surface area is 186 Å². The van der Waals surface area contributed by atoms with Crippen LogP contribution in [0.2, 0.25) is 5.02 Å². The molecule has 0 aliphatic carbocycles. The van der Waals surface area contributed by atoms with Crippen LogP contribution in [0, 0.1) is 0 Å². The van der Waals surface area contributed by atoms with E-state index in [-0.39, 0.29) is 23.0 Å². The number of benzene rings is 2. The lowest BCUT2D eigenvalue weighted by Gasteiger charge is -2.21. The Morgan fingerprint density at radius 3 is 2.35 bits per heavy atom. The number of hydrogen-bond acceptors (Lipinski definition) is 4. The molecule has 7 heteroatoms. The second kappa shape index (κ2) is 10.6. The van der Waals surface area contributed by atoms with Gasteiger partial charge in [-0.1, -0.05) is 41.9 Å². The van der Waals surface area contributed by atoms with Crippen molar-refractivity contribution in [1.29, 1.82) is 0 Å². The van der Waals surface area contributed by atoms with Gasteiger partial charge in [0, 0.05) is 24.0 Å². The molecule has 0 unspecified atom stereocenters. The van der Waals surface area contributed by atoms with Gasteiger partial charge in [-0.25, -0.2) is 4.98 Å². The molecule has 0 saturated carbocycles. The highest BCUT2D eigenvalue weighted by atomic mass is 35.5. The molecule has 0 fully saturated rings. The van der Waals surface area contributed by atoms with Crippen molar-refractivity contribution in [3.8, 4) is 5.88 Å². The molecule has 2 amide bonds. The van der Waals surface area contributed by atoms with Gasteiger partial charge in [0.15, 0.2) is 5.69 Å². The Balaban J connectivity index is 1.66. The molecule has 1 N–H and O–H groups in total. The number of nitrogens with one attached hydrogen (secondary N) is 1. The van der Waals surface area contributed by atoms with Crippen LogP contribution in [0.25, 0.3) is 0 Å². The highest BCUT2D eigenvalue weighted by molar-refractivity contribution is 6.34. The van der Waals surface area contributed by atoms with Gasteiger partial charge in [0.25, 0.3) is 5.91 Å². The normalized spacial score (nSPS) is 10.4. The molecule has 0 spiro atoms. The molecule has 0 radical (unpaired) electrons. The van der Waals surface area contributed by atoms with E-state index in [9.17, 15) is 9.59 Å². The van der Waals surface area contributed by atoms with Crippen molar-refractivity contribution >= 4 is 34.8 Å². The number of carbonyl (C=O) groups is 2. The fourth-order valence-corrected chi connectivity index (χ4v) is 3.28. The molecule has 0 saturated heterocycles. The summed E-state index contributed by atoms with van der Waals surface area (Å²) in [7, 11) is 0. The van der Waals surface area contributed by atoms with E-state index in [1.807, 2.05) is 56.3 Å². The molecule has 31 heavy (non-hydrogen) atoms. The Bertz CT molecular complexity index is 1040. The lowest BCUT2D eigenvalue weighted by atomic mass is 10.1. The Hall–Kier alpha value is -3.38. The third-order valence-corrected chi connectivity index (χ3v) is 4.89. The summed E-state index contributed by atoms with van der Waals surface area (Å²) in [4.78, 5) is 31.2. The lowest BCUT2D eigenvalue weighted by molar-refractivity contribution is -0.117. The summed E-state index contributed by atoms with van der Waals surface area (Å²) in [6, 6.07) is 19.9. The van der Waals surface area contributed by atoms with Crippen molar-refractivity contribution in [3.63, 3.8) is 0 Å². The van der Waals surface area contributed by atoms with Crippen molar-refractivity contribution in [3.05, 3.63) is 83.0 Å². The molecule has 0 bridgehead atoms. The van der Waals surface area contributed by atoms with E-state index >= 15 is 0 Å². The van der Waals surface area contributed by atoms with Crippen LogP contribution in [0.3, 0.4) is 0 Å².